The summed E-state index contributed by atoms with van der Waals surface area (Å²) >= 11 is 0. The summed E-state index contributed by atoms with van der Waals surface area (Å²) in [6.45, 7) is 0.453. The molecule has 2 rings (SSSR count). The van der Waals surface area contributed by atoms with E-state index in [2.05, 4.69) is 5.10 Å². The van der Waals surface area contributed by atoms with Gasteiger partial charge in [0, 0.05) is 19.1 Å². The van der Waals surface area contributed by atoms with Crippen molar-refractivity contribution >= 4 is 11.8 Å². The molecule has 0 fully saturated rings. The van der Waals surface area contributed by atoms with Crippen LogP contribution < -0.4 is 5.73 Å². The Bertz CT molecular complexity index is 593. The number of carbonyl (C=O) groups is 1. The van der Waals surface area contributed by atoms with E-state index in [9.17, 15) is 4.79 Å². The van der Waals surface area contributed by atoms with Crippen LogP contribution in [0, 0.1) is 0 Å². The van der Waals surface area contributed by atoms with Crippen LogP contribution in [0.5, 0.6) is 0 Å². The summed E-state index contributed by atoms with van der Waals surface area (Å²) in [5.41, 5.74) is 7.77. The molecule has 0 aliphatic rings. The first-order valence-corrected chi connectivity index (χ1v) is 6.19. The lowest BCUT2D eigenvalue weighted by molar-refractivity contribution is 0.0592. The SMILES string of the molecule is COCCc1c(C(=O)OC)nn(-c2ccccc2)c1N. The number of esters is 1. The molecule has 0 amide bonds. The van der Waals surface area contributed by atoms with E-state index in [1.54, 1.807) is 7.11 Å². The number of ether oxygens (including phenoxy) is 2. The summed E-state index contributed by atoms with van der Waals surface area (Å²) in [6, 6.07) is 9.39. The number of rotatable bonds is 5. The molecule has 20 heavy (non-hydrogen) atoms. The third-order valence-corrected chi connectivity index (χ3v) is 2.96. The third-order valence-electron chi connectivity index (χ3n) is 2.96. The van der Waals surface area contributed by atoms with Gasteiger partial charge < -0.3 is 15.2 Å². The van der Waals surface area contributed by atoms with Gasteiger partial charge in [0.1, 0.15) is 5.82 Å². The molecule has 2 aromatic rings. The number of carbonyl (C=O) groups excluding carboxylic acids is 1. The number of hydrogen-bond donors (Lipinski definition) is 1. The number of aromatic nitrogens is 2. The maximum atomic E-state index is 11.8. The smallest absolute Gasteiger partial charge is 0.358 e. The van der Waals surface area contributed by atoms with Crippen LogP contribution >= 0.6 is 0 Å². The fourth-order valence-corrected chi connectivity index (χ4v) is 1.94. The first kappa shape index (κ1) is 14.1. The molecule has 0 unspecified atom stereocenters. The minimum atomic E-state index is -0.502. The lowest BCUT2D eigenvalue weighted by Gasteiger charge is -2.04. The van der Waals surface area contributed by atoms with Gasteiger partial charge in [0.2, 0.25) is 0 Å². The Morgan fingerprint density at radius 1 is 1.30 bits per heavy atom. The number of benzene rings is 1. The highest BCUT2D eigenvalue weighted by Gasteiger charge is 2.22. The highest BCUT2D eigenvalue weighted by molar-refractivity contribution is 5.90. The number of nitrogens with two attached hydrogens (primary N) is 1. The average molecular weight is 275 g/mol. The summed E-state index contributed by atoms with van der Waals surface area (Å²) in [7, 11) is 2.91. The molecule has 1 heterocycles. The van der Waals surface area contributed by atoms with Gasteiger partial charge in [-0.1, -0.05) is 18.2 Å². The monoisotopic (exact) mass is 275 g/mol. The number of para-hydroxylation sites is 1. The molecule has 0 aliphatic carbocycles. The fourth-order valence-electron chi connectivity index (χ4n) is 1.94. The van der Waals surface area contributed by atoms with Crippen molar-refractivity contribution in [1.29, 1.82) is 0 Å². The zero-order valence-corrected chi connectivity index (χ0v) is 11.5. The van der Waals surface area contributed by atoms with Gasteiger partial charge in [0.05, 0.1) is 19.4 Å². The van der Waals surface area contributed by atoms with E-state index in [4.69, 9.17) is 15.2 Å². The van der Waals surface area contributed by atoms with Crippen molar-refractivity contribution in [3.63, 3.8) is 0 Å². The molecular formula is C14H17N3O3. The predicted octanol–water partition coefficient (Wildman–Crippen LogP) is 1.43. The highest BCUT2D eigenvalue weighted by Crippen LogP contribution is 2.22. The summed E-state index contributed by atoms with van der Waals surface area (Å²) in [5, 5.41) is 4.27. The van der Waals surface area contributed by atoms with Gasteiger partial charge in [0.15, 0.2) is 5.69 Å². The second kappa shape index (κ2) is 6.21. The molecule has 0 bridgehead atoms. The summed E-state index contributed by atoms with van der Waals surface area (Å²) < 4.78 is 11.3. The van der Waals surface area contributed by atoms with E-state index in [-0.39, 0.29) is 5.69 Å². The largest absolute Gasteiger partial charge is 0.464 e. The normalized spacial score (nSPS) is 10.5. The summed E-state index contributed by atoms with van der Waals surface area (Å²) in [5.74, 6) is -0.0777. The van der Waals surface area contributed by atoms with Crippen LogP contribution in [0.25, 0.3) is 5.69 Å². The lowest BCUT2D eigenvalue weighted by Crippen LogP contribution is -2.07. The Kier molecular flexibility index (Phi) is 4.37. The first-order valence-electron chi connectivity index (χ1n) is 6.19. The quantitative estimate of drug-likeness (QED) is 0.835. The van der Waals surface area contributed by atoms with Crippen LogP contribution in [0.1, 0.15) is 16.1 Å². The molecule has 0 radical (unpaired) electrons. The topological polar surface area (TPSA) is 79.4 Å². The maximum Gasteiger partial charge on any atom is 0.358 e. The predicted molar refractivity (Wildman–Crippen MR) is 74.9 cm³/mol. The first-order chi connectivity index (χ1) is 9.69. The minimum Gasteiger partial charge on any atom is -0.464 e. The fraction of sp³-hybridized carbons (Fsp3) is 0.286. The molecule has 106 valence electrons. The summed E-state index contributed by atoms with van der Waals surface area (Å²) in [6.07, 6.45) is 0.500. The van der Waals surface area contributed by atoms with Crippen molar-refractivity contribution in [1.82, 2.24) is 9.78 Å². The van der Waals surface area contributed by atoms with Gasteiger partial charge in [-0.05, 0) is 12.1 Å². The van der Waals surface area contributed by atoms with E-state index < -0.39 is 5.97 Å². The Labute approximate surface area is 117 Å². The number of nitrogens with zero attached hydrogens (tertiary/aromatic N) is 2. The van der Waals surface area contributed by atoms with Crippen LogP contribution in [-0.2, 0) is 15.9 Å². The van der Waals surface area contributed by atoms with E-state index >= 15 is 0 Å². The van der Waals surface area contributed by atoms with Crippen LogP contribution in [0.15, 0.2) is 30.3 Å². The van der Waals surface area contributed by atoms with Gasteiger partial charge in [-0.3, -0.25) is 0 Å². The average Bonchev–Trinajstić information content (AvgIpc) is 2.82. The molecule has 6 nitrogen and oxygen atoms in total. The van der Waals surface area contributed by atoms with Crippen molar-refractivity contribution in [3.05, 3.63) is 41.6 Å². The highest BCUT2D eigenvalue weighted by atomic mass is 16.5. The van der Waals surface area contributed by atoms with Crippen LogP contribution in [0.4, 0.5) is 5.82 Å². The lowest BCUT2D eigenvalue weighted by atomic mass is 10.1. The van der Waals surface area contributed by atoms with Crippen LogP contribution in [0.2, 0.25) is 0 Å². The molecule has 0 saturated carbocycles. The van der Waals surface area contributed by atoms with E-state index in [0.717, 1.165) is 5.69 Å². The Morgan fingerprint density at radius 2 is 2.00 bits per heavy atom. The molecule has 2 N–H and O–H groups in total. The van der Waals surface area contributed by atoms with Gasteiger partial charge >= 0.3 is 5.97 Å². The number of methoxy groups -OCH3 is 2. The molecule has 1 aromatic heterocycles. The molecule has 0 spiro atoms. The van der Waals surface area contributed by atoms with Gasteiger partial charge in [-0.2, -0.15) is 5.10 Å². The molecule has 0 aliphatic heterocycles. The summed E-state index contributed by atoms with van der Waals surface area (Å²) in [4.78, 5) is 11.8. The molecular weight excluding hydrogens is 258 g/mol. The third kappa shape index (κ3) is 2.65. The van der Waals surface area contributed by atoms with Gasteiger partial charge in [0.25, 0.3) is 0 Å². The Morgan fingerprint density at radius 3 is 2.60 bits per heavy atom. The number of nitrogen functional groups attached to an aromatic ring is 1. The Balaban J connectivity index is 2.49. The minimum absolute atomic E-state index is 0.228. The van der Waals surface area contributed by atoms with Crippen molar-refractivity contribution in [2.45, 2.75) is 6.42 Å². The molecule has 6 heteroatoms. The molecule has 0 saturated heterocycles. The van der Waals surface area contributed by atoms with Crippen molar-refractivity contribution in [3.8, 4) is 5.69 Å². The number of hydrogen-bond acceptors (Lipinski definition) is 5. The van der Waals surface area contributed by atoms with E-state index in [1.165, 1.54) is 11.8 Å². The van der Waals surface area contributed by atoms with Gasteiger partial charge in [-0.15, -0.1) is 0 Å². The van der Waals surface area contributed by atoms with E-state index in [1.807, 2.05) is 30.3 Å². The number of anilines is 1. The zero-order chi connectivity index (χ0) is 14.5. The van der Waals surface area contributed by atoms with E-state index in [0.29, 0.717) is 24.4 Å². The van der Waals surface area contributed by atoms with Gasteiger partial charge in [-0.25, -0.2) is 9.48 Å². The van der Waals surface area contributed by atoms with Crippen molar-refractivity contribution in [2.75, 3.05) is 26.6 Å². The van der Waals surface area contributed by atoms with Crippen LogP contribution in [-0.4, -0.2) is 36.6 Å². The Hall–Kier alpha value is -2.34. The second-order valence-electron chi connectivity index (χ2n) is 4.19. The van der Waals surface area contributed by atoms with Crippen molar-refractivity contribution < 1.29 is 14.3 Å². The maximum absolute atomic E-state index is 11.8. The van der Waals surface area contributed by atoms with Crippen molar-refractivity contribution in [2.24, 2.45) is 0 Å². The zero-order valence-electron chi connectivity index (χ0n) is 11.5. The van der Waals surface area contributed by atoms with Crippen LogP contribution in [0.3, 0.4) is 0 Å². The molecule has 0 atom stereocenters. The second-order valence-corrected chi connectivity index (χ2v) is 4.19. The molecule has 1 aromatic carbocycles. The standard InChI is InChI=1S/C14H17N3O3/c1-19-9-8-11-12(14(18)20-2)16-17(13(11)15)10-6-4-3-5-7-10/h3-7H,8-9,15H2,1-2H3.